The summed E-state index contributed by atoms with van der Waals surface area (Å²) >= 11 is 0. The first-order chi connectivity index (χ1) is 10.3. The van der Waals surface area contributed by atoms with Crippen LogP contribution in [0.25, 0.3) is 16.9 Å². The number of ether oxygens (including phenoxy) is 1. The number of nitrogens with two attached hydrogens (primary N) is 1. The Hall–Kier alpha value is -2.82. The quantitative estimate of drug-likeness (QED) is 0.798. The number of para-hydroxylation sites is 1. The van der Waals surface area contributed by atoms with E-state index in [0.717, 1.165) is 17.0 Å². The summed E-state index contributed by atoms with van der Waals surface area (Å²) in [6.45, 7) is 2.60. The van der Waals surface area contributed by atoms with Gasteiger partial charge >= 0.3 is 0 Å². The van der Waals surface area contributed by atoms with Crippen LogP contribution in [0.1, 0.15) is 6.92 Å². The zero-order chi connectivity index (χ0) is 14.7. The van der Waals surface area contributed by atoms with E-state index in [-0.39, 0.29) is 0 Å². The van der Waals surface area contributed by atoms with Crippen molar-refractivity contribution in [3.63, 3.8) is 0 Å². The maximum absolute atomic E-state index is 6.17. The first kappa shape index (κ1) is 13.2. The highest BCUT2D eigenvalue weighted by Gasteiger charge is 2.12. The molecule has 0 saturated carbocycles. The summed E-state index contributed by atoms with van der Waals surface area (Å²) in [4.78, 5) is 0. The van der Waals surface area contributed by atoms with Gasteiger partial charge in [-0.3, -0.25) is 0 Å². The van der Waals surface area contributed by atoms with E-state index < -0.39 is 0 Å². The summed E-state index contributed by atoms with van der Waals surface area (Å²) in [6.07, 6.45) is 0. The Morgan fingerprint density at radius 3 is 2.43 bits per heavy atom. The molecule has 2 N–H and O–H groups in total. The van der Waals surface area contributed by atoms with Crippen molar-refractivity contribution >= 4 is 5.82 Å². The summed E-state index contributed by atoms with van der Waals surface area (Å²) < 4.78 is 7.06. The minimum Gasteiger partial charge on any atom is -0.494 e. The molecule has 106 valence electrons. The summed E-state index contributed by atoms with van der Waals surface area (Å²) in [7, 11) is 0. The molecule has 0 radical (unpaired) electrons. The van der Waals surface area contributed by atoms with Gasteiger partial charge in [0.1, 0.15) is 11.4 Å². The molecule has 0 unspecified atom stereocenters. The lowest BCUT2D eigenvalue weighted by Gasteiger charge is -2.05. The number of rotatable bonds is 4. The van der Waals surface area contributed by atoms with Crippen LogP contribution in [0.5, 0.6) is 5.75 Å². The molecule has 0 saturated heterocycles. The maximum Gasteiger partial charge on any atom is 0.155 e. The molecule has 0 amide bonds. The first-order valence-electron chi connectivity index (χ1n) is 6.79. The van der Waals surface area contributed by atoms with E-state index >= 15 is 0 Å². The van der Waals surface area contributed by atoms with Crippen molar-refractivity contribution < 1.29 is 4.74 Å². The van der Waals surface area contributed by atoms with Crippen LogP contribution in [0, 0.1) is 0 Å². The molecule has 5 nitrogen and oxygen atoms in total. The molecule has 1 aromatic heterocycles. The molecule has 2 aromatic carbocycles. The second kappa shape index (κ2) is 5.66. The minimum atomic E-state index is 0.519. The number of nitrogens with zero attached hydrogens (tertiary/aromatic N) is 3. The van der Waals surface area contributed by atoms with Gasteiger partial charge in [0.25, 0.3) is 0 Å². The van der Waals surface area contributed by atoms with Crippen molar-refractivity contribution in [2.75, 3.05) is 12.3 Å². The number of aromatic nitrogens is 3. The zero-order valence-corrected chi connectivity index (χ0v) is 11.7. The van der Waals surface area contributed by atoms with E-state index in [1.165, 1.54) is 0 Å². The lowest BCUT2D eigenvalue weighted by Crippen LogP contribution is -2.01. The van der Waals surface area contributed by atoms with E-state index in [9.17, 15) is 0 Å². The zero-order valence-electron chi connectivity index (χ0n) is 11.7. The van der Waals surface area contributed by atoms with Gasteiger partial charge in [-0.1, -0.05) is 23.4 Å². The predicted octanol–water partition coefficient (Wildman–Crippen LogP) is 2.92. The number of nitrogen functional groups attached to an aromatic ring is 1. The van der Waals surface area contributed by atoms with Gasteiger partial charge in [-0.2, -0.15) is 4.68 Å². The molecule has 21 heavy (non-hydrogen) atoms. The largest absolute Gasteiger partial charge is 0.494 e. The Labute approximate surface area is 123 Å². The van der Waals surface area contributed by atoms with Crippen molar-refractivity contribution in [2.24, 2.45) is 0 Å². The Balaban J connectivity index is 1.95. The third-order valence-electron chi connectivity index (χ3n) is 3.14. The number of benzene rings is 2. The number of hydrogen-bond donors (Lipinski definition) is 1. The molecule has 3 aromatic rings. The maximum atomic E-state index is 6.17. The molecule has 1 heterocycles. The Bertz CT molecular complexity index is 720. The fourth-order valence-electron chi connectivity index (χ4n) is 2.13. The molecule has 0 aliphatic carbocycles. The van der Waals surface area contributed by atoms with Crippen LogP contribution in [0.3, 0.4) is 0 Å². The molecule has 0 spiro atoms. The van der Waals surface area contributed by atoms with Gasteiger partial charge < -0.3 is 10.5 Å². The van der Waals surface area contributed by atoms with Gasteiger partial charge in [0.15, 0.2) is 5.82 Å². The average molecular weight is 280 g/mol. The molecular weight excluding hydrogens is 264 g/mol. The smallest absolute Gasteiger partial charge is 0.155 e. The highest BCUT2D eigenvalue weighted by atomic mass is 16.5. The monoisotopic (exact) mass is 280 g/mol. The van der Waals surface area contributed by atoms with Crippen molar-refractivity contribution in [1.82, 2.24) is 15.0 Å². The average Bonchev–Trinajstić information content (AvgIpc) is 2.91. The summed E-state index contributed by atoms with van der Waals surface area (Å²) in [5.74, 6) is 1.35. The molecular formula is C16H16N4O. The molecule has 0 bridgehead atoms. The first-order valence-corrected chi connectivity index (χ1v) is 6.79. The highest BCUT2D eigenvalue weighted by molar-refractivity contribution is 5.71. The van der Waals surface area contributed by atoms with Crippen molar-refractivity contribution in [2.45, 2.75) is 6.92 Å². The Morgan fingerprint density at radius 2 is 1.76 bits per heavy atom. The SMILES string of the molecule is CCOc1ccc(-c2nnn(-c3ccccc3)c2N)cc1. The molecule has 0 fully saturated rings. The highest BCUT2D eigenvalue weighted by Crippen LogP contribution is 2.26. The topological polar surface area (TPSA) is 66.0 Å². The summed E-state index contributed by atoms with van der Waals surface area (Å²) in [6, 6.07) is 17.4. The predicted molar refractivity (Wildman–Crippen MR) is 82.4 cm³/mol. The lowest BCUT2D eigenvalue weighted by molar-refractivity contribution is 0.340. The molecule has 5 heteroatoms. The van der Waals surface area contributed by atoms with E-state index in [4.69, 9.17) is 10.5 Å². The van der Waals surface area contributed by atoms with Gasteiger partial charge in [0.05, 0.1) is 12.3 Å². The van der Waals surface area contributed by atoms with Crippen LogP contribution in [0.4, 0.5) is 5.82 Å². The van der Waals surface area contributed by atoms with E-state index in [1.807, 2.05) is 61.5 Å². The van der Waals surface area contributed by atoms with Gasteiger partial charge in [-0.15, -0.1) is 5.10 Å². The second-order valence-corrected chi connectivity index (χ2v) is 4.53. The Morgan fingerprint density at radius 1 is 1.05 bits per heavy atom. The fraction of sp³-hybridized carbons (Fsp3) is 0.125. The molecule has 0 aliphatic rings. The van der Waals surface area contributed by atoms with Gasteiger partial charge in [0.2, 0.25) is 0 Å². The molecule has 3 rings (SSSR count). The van der Waals surface area contributed by atoms with Crippen LogP contribution in [-0.4, -0.2) is 21.6 Å². The van der Waals surface area contributed by atoms with Gasteiger partial charge in [0, 0.05) is 5.56 Å². The number of hydrogen-bond acceptors (Lipinski definition) is 4. The van der Waals surface area contributed by atoms with Gasteiger partial charge in [-0.05, 0) is 43.3 Å². The third kappa shape index (κ3) is 2.58. The Kier molecular flexibility index (Phi) is 3.55. The second-order valence-electron chi connectivity index (χ2n) is 4.53. The minimum absolute atomic E-state index is 0.519. The third-order valence-corrected chi connectivity index (χ3v) is 3.14. The molecule has 0 atom stereocenters. The summed E-state index contributed by atoms with van der Waals surface area (Å²) in [5, 5.41) is 8.32. The van der Waals surface area contributed by atoms with Crippen LogP contribution in [0.2, 0.25) is 0 Å². The normalized spacial score (nSPS) is 10.5. The van der Waals surface area contributed by atoms with Crippen molar-refractivity contribution in [3.05, 3.63) is 54.6 Å². The van der Waals surface area contributed by atoms with Gasteiger partial charge in [-0.25, -0.2) is 0 Å². The standard InChI is InChI=1S/C16H16N4O/c1-2-21-14-10-8-12(9-11-14)15-16(17)20(19-18-15)13-6-4-3-5-7-13/h3-11H,2,17H2,1H3. The van der Waals surface area contributed by atoms with Crippen molar-refractivity contribution in [3.8, 4) is 22.7 Å². The lowest BCUT2D eigenvalue weighted by atomic mass is 10.1. The van der Waals surface area contributed by atoms with Crippen LogP contribution >= 0.6 is 0 Å². The van der Waals surface area contributed by atoms with E-state index in [1.54, 1.807) is 4.68 Å². The number of anilines is 1. The van der Waals surface area contributed by atoms with Crippen molar-refractivity contribution in [1.29, 1.82) is 0 Å². The van der Waals surface area contributed by atoms with E-state index in [2.05, 4.69) is 10.3 Å². The van der Waals surface area contributed by atoms with Crippen LogP contribution in [0.15, 0.2) is 54.6 Å². The van der Waals surface area contributed by atoms with E-state index in [0.29, 0.717) is 18.1 Å². The molecule has 0 aliphatic heterocycles. The summed E-state index contributed by atoms with van der Waals surface area (Å²) in [5.41, 5.74) is 8.64. The van der Waals surface area contributed by atoms with Crippen LogP contribution in [-0.2, 0) is 0 Å². The fourth-order valence-corrected chi connectivity index (χ4v) is 2.13. The van der Waals surface area contributed by atoms with Crippen LogP contribution < -0.4 is 10.5 Å².